The lowest BCUT2D eigenvalue weighted by molar-refractivity contribution is -0.149. The summed E-state index contributed by atoms with van der Waals surface area (Å²) in [5, 5.41) is 12.4. The third kappa shape index (κ3) is 5.29. The fourth-order valence-corrected chi connectivity index (χ4v) is 2.05. The number of halogens is 1. The number of methoxy groups -OCH3 is 1. The van der Waals surface area contributed by atoms with Gasteiger partial charge in [0.15, 0.2) is 6.10 Å². The molecule has 0 spiro atoms. The van der Waals surface area contributed by atoms with Crippen LogP contribution in [0.1, 0.15) is 11.7 Å². The highest BCUT2D eigenvalue weighted by Crippen LogP contribution is 2.14. The molecule has 6 nitrogen and oxygen atoms in total. The summed E-state index contributed by atoms with van der Waals surface area (Å²) in [6.45, 7) is -0.196. The summed E-state index contributed by atoms with van der Waals surface area (Å²) in [7, 11) is 1.21. The van der Waals surface area contributed by atoms with E-state index in [1.807, 2.05) is 0 Å². The molecule has 2 N–H and O–H groups in total. The number of aliphatic hydroxyl groups is 1. The highest BCUT2D eigenvalue weighted by Gasteiger charge is 2.24. The fraction of sp³-hybridized carbons (Fsp3) is 0.222. The summed E-state index contributed by atoms with van der Waals surface area (Å²) in [5.41, 5.74) is 0.234. The topological polar surface area (TPSA) is 84.9 Å². The average Bonchev–Trinajstić information content (AvgIpc) is 2.65. The van der Waals surface area contributed by atoms with E-state index < -0.39 is 29.9 Å². The molecule has 0 aliphatic rings. The van der Waals surface area contributed by atoms with Crippen molar-refractivity contribution in [3.05, 3.63) is 66.0 Å². The molecule has 0 saturated heterocycles. The number of rotatable bonds is 7. The Morgan fingerprint density at radius 1 is 1.12 bits per heavy atom. The van der Waals surface area contributed by atoms with Gasteiger partial charge >= 0.3 is 5.97 Å². The Labute approximate surface area is 144 Å². The Hall–Kier alpha value is -2.93. The van der Waals surface area contributed by atoms with E-state index in [1.165, 1.54) is 19.2 Å². The van der Waals surface area contributed by atoms with Crippen molar-refractivity contribution in [1.29, 1.82) is 0 Å². The molecule has 25 heavy (non-hydrogen) atoms. The van der Waals surface area contributed by atoms with Crippen LogP contribution in [0.15, 0.2) is 54.6 Å². The standard InChI is InChI=1S/C18H18FNO5/c1-24-18(23)15(25-14-5-3-2-4-6-14)11-20-17(22)16(21)12-7-9-13(19)10-8-12/h2-10,15-16,21H,11H2,1H3,(H,20,22)/t15-,16?/m1/s1. The molecule has 0 radical (unpaired) electrons. The van der Waals surface area contributed by atoms with Gasteiger partial charge in [0.05, 0.1) is 13.7 Å². The van der Waals surface area contributed by atoms with Crippen LogP contribution >= 0.6 is 0 Å². The summed E-state index contributed by atoms with van der Waals surface area (Å²) in [6.07, 6.45) is -2.56. The number of carbonyl (C=O) groups excluding carboxylic acids is 2. The van der Waals surface area contributed by atoms with Gasteiger partial charge in [-0.2, -0.15) is 0 Å². The molecule has 2 aromatic rings. The summed E-state index contributed by atoms with van der Waals surface area (Å²) < 4.78 is 23.0. The van der Waals surface area contributed by atoms with Crippen molar-refractivity contribution in [3.63, 3.8) is 0 Å². The van der Waals surface area contributed by atoms with E-state index in [2.05, 4.69) is 10.1 Å². The zero-order valence-electron chi connectivity index (χ0n) is 13.5. The van der Waals surface area contributed by atoms with Crippen LogP contribution in [0, 0.1) is 5.82 Å². The number of esters is 1. The smallest absolute Gasteiger partial charge is 0.348 e. The molecule has 2 aromatic carbocycles. The van der Waals surface area contributed by atoms with Gasteiger partial charge in [-0.15, -0.1) is 0 Å². The van der Waals surface area contributed by atoms with Crippen LogP contribution in [0.2, 0.25) is 0 Å². The van der Waals surface area contributed by atoms with E-state index in [0.29, 0.717) is 5.75 Å². The van der Waals surface area contributed by atoms with Crippen LogP contribution in [0.5, 0.6) is 5.75 Å². The molecular formula is C18H18FNO5. The predicted molar refractivity (Wildman–Crippen MR) is 87.2 cm³/mol. The lowest BCUT2D eigenvalue weighted by atomic mass is 10.1. The molecule has 2 atom stereocenters. The van der Waals surface area contributed by atoms with Crippen molar-refractivity contribution in [2.24, 2.45) is 0 Å². The zero-order valence-corrected chi connectivity index (χ0v) is 13.5. The first-order chi connectivity index (χ1) is 12.0. The number of benzene rings is 2. The number of hydrogen-bond acceptors (Lipinski definition) is 5. The lowest BCUT2D eigenvalue weighted by Gasteiger charge is -2.18. The zero-order chi connectivity index (χ0) is 18.2. The Bertz CT molecular complexity index is 705. The number of ether oxygens (including phenoxy) is 2. The first-order valence-corrected chi connectivity index (χ1v) is 7.52. The van der Waals surface area contributed by atoms with Gasteiger partial charge in [0.25, 0.3) is 5.91 Å². The lowest BCUT2D eigenvalue weighted by Crippen LogP contribution is -2.42. The maximum atomic E-state index is 12.9. The number of hydrogen-bond donors (Lipinski definition) is 2. The Kier molecular flexibility index (Phi) is 6.47. The summed E-state index contributed by atoms with van der Waals surface area (Å²) in [4.78, 5) is 23.8. The van der Waals surface area contributed by atoms with E-state index >= 15 is 0 Å². The van der Waals surface area contributed by atoms with Crippen molar-refractivity contribution in [1.82, 2.24) is 5.32 Å². The van der Waals surface area contributed by atoms with Gasteiger partial charge in [-0.25, -0.2) is 9.18 Å². The normalized spacial score (nSPS) is 12.8. The second-order valence-electron chi connectivity index (χ2n) is 5.14. The molecular weight excluding hydrogens is 329 g/mol. The van der Waals surface area contributed by atoms with Crippen molar-refractivity contribution in [3.8, 4) is 5.75 Å². The van der Waals surface area contributed by atoms with Crippen LogP contribution in [0.4, 0.5) is 4.39 Å². The van der Waals surface area contributed by atoms with Crippen molar-refractivity contribution < 1.29 is 28.6 Å². The first-order valence-electron chi connectivity index (χ1n) is 7.52. The monoisotopic (exact) mass is 347 g/mol. The van der Waals surface area contributed by atoms with Crippen molar-refractivity contribution in [2.45, 2.75) is 12.2 Å². The van der Waals surface area contributed by atoms with E-state index in [1.54, 1.807) is 30.3 Å². The molecule has 7 heteroatoms. The Morgan fingerprint density at radius 3 is 2.36 bits per heavy atom. The minimum absolute atomic E-state index is 0.196. The van der Waals surface area contributed by atoms with Crippen LogP contribution in [0.25, 0.3) is 0 Å². The summed E-state index contributed by atoms with van der Waals surface area (Å²) >= 11 is 0. The molecule has 1 unspecified atom stereocenters. The second-order valence-corrected chi connectivity index (χ2v) is 5.14. The molecule has 1 amide bonds. The molecule has 0 aliphatic carbocycles. The third-order valence-corrected chi connectivity index (χ3v) is 3.38. The van der Waals surface area contributed by atoms with E-state index in [-0.39, 0.29) is 12.1 Å². The van der Waals surface area contributed by atoms with Gasteiger partial charge in [0.1, 0.15) is 11.6 Å². The minimum Gasteiger partial charge on any atom is -0.477 e. The molecule has 0 fully saturated rings. The number of carbonyl (C=O) groups is 2. The number of amides is 1. The molecule has 132 valence electrons. The molecule has 0 aromatic heterocycles. The average molecular weight is 347 g/mol. The van der Waals surface area contributed by atoms with Crippen LogP contribution in [0.3, 0.4) is 0 Å². The van der Waals surface area contributed by atoms with Gasteiger partial charge in [0, 0.05) is 0 Å². The fourth-order valence-electron chi connectivity index (χ4n) is 2.05. The SMILES string of the molecule is COC(=O)[C@@H](CNC(=O)C(O)c1ccc(F)cc1)Oc1ccccc1. The van der Waals surface area contributed by atoms with Crippen molar-refractivity contribution in [2.75, 3.05) is 13.7 Å². The molecule has 0 saturated carbocycles. The van der Waals surface area contributed by atoms with Gasteiger partial charge in [-0.3, -0.25) is 4.79 Å². The van der Waals surface area contributed by atoms with Crippen LogP contribution in [-0.4, -0.2) is 36.7 Å². The predicted octanol–water partition coefficient (Wildman–Crippen LogP) is 1.60. The van der Waals surface area contributed by atoms with Crippen LogP contribution < -0.4 is 10.1 Å². The second kappa shape index (κ2) is 8.79. The minimum atomic E-state index is -1.49. The third-order valence-electron chi connectivity index (χ3n) is 3.38. The molecule has 0 aliphatic heterocycles. The Balaban J connectivity index is 1.98. The van der Waals surface area contributed by atoms with Gasteiger partial charge in [-0.05, 0) is 29.8 Å². The van der Waals surface area contributed by atoms with E-state index in [4.69, 9.17) is 4.74 Å². The first kappa shape index (κ1) is 18.4. The number of nitrogens with one attached hydrogen (secondary N) is 1. The highest BCUT2D eigenvalue weighted by molar-refractivity contribution is 5.83. The van der Waals surface area contributed by atoms with E-state index in [9.17, 15) is 19.1 Å². The molecule has 2 rings (SSSR count). The van der Waals surface area contributed by atoms with Gasteiger partial charge in [-0.1, -0.05) is 30.3 Å². The molecule has 0 bridgehead atoms. The number of aliphatic hydroxyl groups excluding tert-OH is 1. The summed E-state index contributed by atoms with van der Waals surface area (Å²) in [5.74, 6) is -1.44. The Morgan fingerprint density at radius 2 is 1.76 bits per heavy atom. The summed E-state index contributed by atoms with van der Waals surface area (Å²) in [6, 6.07) is 13.5. The quantitative estimate of drug-likeness (QED) is 0.743. The van der Waals surface area contributed by atoms with E-state index in [0.717, 1.165) is 12.1 Å². The maximum Gasteiger partial charge on any atom is 0.348 e. The maximum absolute atomic E-state index is 12.9. The van der Waals surface area contributed by atoms with Crippen LogP contribution in [-0.2, 0) is 14.3 Å². The van der Waals surface area contributed by atoms with Gasteiger partial charge in [0.2, 0.25) is 6.10 Å². The largest absolute Gasteiger partial charge is 0.477 e. The van der Waals surface area contributed by atoms with Gasteiger partial charge < -0.3 is 19.9 Å². The van der Waals surface area contributed by atoms with Crippen molar-refractivity contribution >= 4 is 11.9 Å². The highest BCUT2D eigenvalue weighted by atomic mass is 19.1. The number of para-hydroxylation sites is 1. The molecule has 0 heterocycles.